The van der Waals surface area contributed by atoms with Gasteiger partial charge in [0.1, 0.15) is 0 Å². The number of urea groups is 1. The van der Waals surface area contributed by atoms with Gasteiger partial charge in [0.2, 0.25) is 0 Å². The van der Waals surface area contributed by atoms with Crippen molar-refractivity contribution in [3.8, 4) is 0 Å². The Hall–Kier alpha value is -0.810. The summed E-state index contributed by atoms with van der Waals surface area (Å²) in [6, 6.07) is -0.540. The molecule has 0 saturated carbocycles. The lowest BCUT2D eigenvalue weighted by Crippen LogP contribution is -2.40. The Bertz CT molecular complexity index is 171. The summed E-state index contributed by atoms with van der Waals surface area (Å²) in [6.07, 6.45) is -2.28. The number of hydrogen-bond donors (Lipinski definition) is 3. The van der Waals surface area contributed by atoms with Gasteiger partial charge in [-0.15, -0.1) is 0 Å². The molecule has 0 aromatic heterocycles. The lowest BCUT2D eigenvalue weighted by molar-refractivity contribution is -0.0433. The molecule has 0 aromatic rings. The van der Waals surface area contributed by atoms with Crippen molar-refractivity contribution in [3.63, 3.8) is 0 Å². The van der Waals surface area contributed by atoms with Crippen molar-refractivity contribution in [2.75, 3.05) is 0 Å². The molecule has 2 atom stereocenters. The fourth-order valence-corrected chi connectivity index (χ4v) is 1.09. The van der Waals surface area contributed by atoms with Gasteiger partial charge >= 0.3 is 6.03 Å². The average molecular weight is 160 g/mol. The van der Waals surface area contributed by atoms with Gasteiger partial charge in [-0.05, 0) is 13.8 Å². The average Bonchev–Trinajstić information content (AvgIpc) is 2.07. The molecule has 1 fully saturated rings. The van der Waals surface area contributed by atoms with Crippen molar-refractivity contribution in [2.24, 2.45) is 0 Å². The number of nitrogens with zero attached hydrogens (tertiary/aromatic N) is 1. The Morgan fingerprint density at radius 1 is 1.55 bits per heavy atom. The molecule has 0 spiro atoms. The highest BCUT2D eigenvalue weighted by Gasteiger charge is 2.38. The highest BCUT2D eigenvalue weighted by Crippen LogP contribution is 2.12. The number of carbonyl (C=O) groups is 1. The first kappa shape index (κ1) is 8.29. The highest BCUT2D eigenvalue weighted by molar-refractivity contribution is 5.77. The van der Waals surface area contributed by atoms with Crippen LogP contribution in [0.4, 0.5) is 4.79 Å². The van der Waals surface area contributed by atoms with Crippen molar-refractivity contribution in [3.05, 3.63) is 0 Å². The van der Waals surface area contributed by atoms with Crippen LogP contribution in [0.15, 0.2) is 0 Å². The maximum atomic E-state index is 10.9. The molecule has 0 aromatic carbocycles. The molecule has 1 saturated heterocycles. The van der Waals surface area contributed by atoms with E-state index >= 15 is 0 Å². The first-order valence-corrected chi connectivity index (χ1v) is 3.49. The molecular weight excluding hydrogens is 148 g/mol. The Labute approximate surface area is 64.6 Å². The zero-order chi connectivity index (χ0) is 8.59. The van der Waals surface area contributed by atoms with Crippen molar-refractivity contribution in [2.45, 2.75) is 32.3 Å². The summed E-state index contributed by atoms with van der Waals surface area (Å²) in [4.78, 5) is 12.1. The minimum absolute atomic E-state index is 0.109. The number of aliphatic hydroxyl groups is 2. The van der Waals surface area contributed by atoms with Crippen molar-refractivity contribution >= 4 is 6.03 Å². The minimum atomic E-state index is -1.16. The third-order valence-corrected chi connectivity index (χ3v) is 1.63. The minimum Gasteiger partial charge on any atom is -0.369 e. The second-order valence-electron chi connectivity index (χ2n) is 2.81. The normalized spacial score (nSPS) is 31.4. The maximum Gasteiger partial charge on any atom is 0.321 e. The number of hydrogen-bond acceptors (Lipinski definition) is 3. The Balaban J connectivity index is 2.71. The molecule has 2 amide bonds. The van der Waals surface area contributed by atoms with E-state index in [4.69, 9.17) is 5.11 Å². The molecule has 0 aliphatic carbocycles. The summed E-state index contributed by atoms with van der Waals surface area (Å²) in [5, 5.41) is 20.3. The fourth-order valence-electron chi connectivity index (χ4n) is 1.09. The van der Waals surface area contributed by atoms with E-state index < -0.39 is 18.5 Å². The molecule has 64 valence electrons. The summed E-state index contributed by atoms with van der Waals surface area (Å²) in [7, 11) is 0. The van der Waals surface area contributed by atoms with Crippen LogP contribution in [0.3, 0.4) is 0 Å². The van der Waals surface area contributed by atoms with E-state index in [1.165, 1.54) is 4.90 Å². The molecule has 0 bridgehead atoms. The first-order chi connectivity index (χ1) is 5.04. The molecule has 5 heteroatoms. The zero-order valence-corrected chi connectivity index (χ0v) is 6.48. The number of rotatable bonds is 1. The van der Waals surface area contributed by atoms with Crippen LogP contribution < -0.4 is 5.32 Å². The van der Waals surface area contributed by atoms with E-state index in [0.717, 1.165) is 0 Å². The second kappa shape index (κ2) is 2.67. The SMILES string of the molecule is CC(C)N1C(=O)NC(O)C1O. The molecule has 1 aliphatic rings. The largest absolute Gasteiger partial charge is 0.369 e. The second-order valence-corrected chi connectivity index (χ2v) is 2.81. The molecule has 5 nitrogen and oxygen atoms in total. The van der Waals surface area contributed by atoms with Gasteiger partial charge < -0.3 is 15.5 Å². The van der Waals surface area contributed by atoms with Crippen LogP contribution in [0.5, 0.6) is 0 Å². The summed E-state index contributed by atoms with van der Waals surface area (Å²) < 4.78 is 0. The summed E-state index contributed by atoms with van der Waals surface area (Å²) in [5.41, 5.74) is 0. The van der Waals surface area contributed by atoms with Gasteiger partial charge in [-0.2, -0.15) is 0 Å². The summed E-state index contributed by atoms with van der Waals surface area (Å²) in [6.45, 7) is 3.53. The van der Waals surface area contributed by atoms with Crippen molar-refractivity contribution < 1.29 is 15.0 Å². The summed E-state index contributed by atoms with van der Waals surface area (Å²) >= 11 is 0. The van der Waals surface area contributed by atoms with Crippen molar-refractivity contribution in [1.82, 2.24) is 10.2 Å². The monoisotopic (exact) mass is 160 g/mol. The first-order valence-electron chi connectivity index (χ1n) is 3.49. The van der Waals surface area contributed by atoms with Gasteiger partial charge in [0, 0.05) is 6.04 Å². The predicted molar refractivity (Wildman–Crippen MR) is 37.5 cm³/mol. The van der Waals surface area contributed by atoms with Gasteiger partial charge in [-0.25, -0.2) is 4.79 Å². The molecule has 1 heterocycles. The van der Waals surface area contributed by atoms with E-state index in [2.05, 4.69) is 5.32 Å². The number of nitrogens with one attached hydrogen (secondary N) is 1. The third-order valence-electron chi connectivity index (χ3n) is 1.63. The molecule has 2 unspecified atom stereocenters. The predicted octanol–water partition coefficient (Wildman–Crippen LogP) is -0.943. The van der Waals surface area contributed by atoms with Crippen LogP contribution in [0, 0.1) is 0 Å². The molecule has 3 N–H and O–H groups in total. The Morgan fingerprint density at radius 3 is 2.27 bits per heavy atom. The van der Waals surface area contributed by atoms with Gasteiger partial charge in [0.05, 0.1) is 0 Å². The molecule has 1 rings (SSSR count). The quantitative estimate of drug-likeness (QED) is 0.463. The van der Waals surface area contributed by atoms with Crippen LogP contribution in [0.2, 0.25) is 0 Å². The number of aliphatic hydroxyl groups excluding tert-OH is 2. The fraction of sp³-hybridized carbons (Fsp3) is 0.833. The highest BCUT2D eigenvalue weighted by atomic mass is 16.4. The van der Waals surface area contributed by atoms with Crippen LogP contribution in [-0.2, 0) is 0 Å². The standard InChI is InChI=1S/C6H12N2O3/c1-3(2)8-5(10)4(9)7-6(8)11/h3-5,9-10H,1-2H3,(H,7,11). The van der Waals surface area contributed by atoms with Crippen LogP contribution in [0.1, 0.15) is 13.8 Å². The third kappa shape index (κ3) is 1.29. The number of carbonyl (C=O) groups excluding carboxylic acids is 1. The van der Waals surface area contributed by atoms with E-state index in [9.17, 15) is 9.90 Å². The van der Waals surface area contributed by atoms with Crippen LogP contribution in [0.25, 0.3) is 0 Å². The van der Waals surface area contributed by atoms with E-state index in [1.807, 2.05) is 0 Å². The van der Waals surface area contributed by atoms with E-state index in [1.54, 1.807) is 13.8 Å². The van der Waals surface area contributed by atoms with Crippen molar-refractivity contribution in [1.29, 1.82) is 0 Å². The van der Waals surface area contributed by atoms with Gasteiger partial charge in [0.25, 0.3) is 0 Å². The molecule has 11 heavy (non-hydrogen) atoms. The Morgan fingerprint density at radius 2 is 2.09 bits per heavy atom. The van der Waals surface area contributed by atoms with Crippen LogP contribution in [-0.4, -0.2) is 39.6 Å². The van der Waals surface area contributed by atoms with E-state index in [0.29, 0.717) is 0 Å². The molecular formula is C6H12N2O3. The topological polar surface area (TPSA) is 72.8 Å². The lowest BCUT2D eigenvalue weighted by atomic mass is 10.3. The van der Waals surface area contributed by atoms with Gasteiger partial charge in [0.15, 0.2) is 12.5 Å². The van der Waals surface area contributed by atoms with Gasteiger partial charge in [-0.1, -0.05) is 0 Å². The zero-order valence-electron chi connectivity index (χ0n) is 6.48. The smallest absolute Gasteiger partial charge is 0.321 e. The Kier molecular flexibility index (Phi) is 2.01. The van der Waals surface area contributed by atoms with E-state index in [-0.39, 0.29) is 6.04 Å². The van der Waals surface area contributed by atoms with Gasteiger partial charge in [-0.3, -0.25) is 4.90 Å². The molecule has 1 aliphatic heterocycles. The number of amides is 2. The van der Waals surface area contributed by atoms with Crippen LogP contribution >= 0.6 is 0 Å². The molecule has 0 radical (unpaired) electrons. The lowest BCUT2D eigenvalue weighted by Gasteiger charge is -2.23. The summed E-state index contributed by atoms with van der Waals surface area (Å²) in [5.74, 6) is 0. The maximum absolute atomic E-state index is 10.9.